The fraction of sp³-hybridized carbons (Fsp3) is 0.500. The standard InChI is InChI=1S/C16H19NO/c1-2-12-8-14-10-15(11-4-6-17-7-5-11)18-16(14)9-13(12)3-1/h8-11,17H,1-7H2. The van der Waals surface area contributed by atoms with Gasteiger partial charge < -0.3 is 9.73 Å². The van der Waals surface area contributed by atoms with Crippen molar-refractivity contribution in [3.05, 3.63) is 35.1 Å². The number of hydrogen-bond acceptors (Lipinski definition) is 2. The first-order valence-corrected chi connectivity index (χ1v) is 7.16. The van der Waals surface area contributed by atoms with Crippen molar-refractivity contribution in [1.29, 1.82) is 0 Å². The molecule has 1 N–H and O–H groups in total. The van der Waals surface area contributed by atoms with Crippen molar-refractivity contribution >= 4 is 11.0 Å². The van der Waals surface area contributed by atoms with Gasteiger partial charge in [0, 0.05) is 11.3 Å². The molecule has 18 heavy (non-hydrogen) atoms. The third-order valence-corrected chi connectivity index (χ3v) is 4.49. The van der Waals surface area contributed by atoms with Gasteiger partial charge in [0.15, 0.2) is 0 Å². The molecule has 0 amide bonds. The Hall–Kier alpha value is -1.28. The largest absolute Gasteiger partial charge is 0.461 e. The highest BCUT2D eigenvalue weighted by molar-refractivity contribution is 5.80. The molecule has 0 radical (unpaired) electrons. The van der Waals surface area contributed by atoms with Crippen molar-refractivity contribution in [3.8, 4) is 0 Å². The second-order valence-electron chi connectivity index (χ2n) is 5.69. The molecule has 4 rings (SSSR count). The van der Waals surface area contributed by atoms with Crippen LogP contribution in [0.2, 0.25) is 0 Å². The molecule has 0 spiro atoms. The lowest BCUT2D eigenvalue weighted by atomic mass is 9.95. The van der Waals surface area contributed by atoms with Gasteiger partial charge in [0.25, 0.3) is 0 Å². The van der Waals surface area contributed by atoms with Gasteiger partial charge in [-0.05, 0) is 74.5 Å². The number of piperidine rings is 1. The zero-order valence-electron chi connectivity index (χ0n) is 10.7. The molecule has 1 saturated heterocycles. The molecular formula is C16H19NO. The van der Waals surface area contributed by atoms with Crippen LogP contribution in [0.3, 0.4) is 0 Å². The van der Waals surface area contributed by atoms with E-state index in [-0.39, 0.29) is 0 Å². The third kappa shape index (κ3) is 1.67. The number of nitrogens with one attached hydrogen (secondary N) is 1. The molecule has 1 aromatic heterocycles. The van der Waals surface area contributed by atoms with Gasteiger partial charge in [-0.15, -0.1) is 0 Å². The first-order valence-electron chi connectivity index (χ1n) is 7.16. The summed E-state index contributed by atoms with van der Waals surface area (Å²) < 4.78 is 6.10. The van der Waals surface area contributed by atoms with E-state index in [1.165, 1.54) is 48.8 Å². The minimum atomic E-state index is 0.619. The number of furan rings is 1. The highest BCUT2D eigenvalue weighted by Gasteiger charge is 2.20. The minimum absolute atomic E-state index is 0.619. The molecule has 2 heterocycles. The predicted molar refractivity (Wildman–Crippen MR) is 73.1 cm³/mol. The number of hydrogen-bond donors (Lipinski definition) is 1. The van der Waals surface area contributed by atoms with Crippen LogP contribution < -0.4 is 5.32 Å². The number of fused-ring (bicyclic) bond motifs is 2. The molecule has 2 aliphatic rings. The lowest BCUT2D eigenvalue weighted by Crippen LogP contribution is -2.26. The highest BCUT2D eigenvalue weighted by atomic mass is 16.3. The van der Waals surface area contributed by atoms with Gasteiger partial charge >= 0.3 is 0 Å². The summed E-state index contributed by atoms with van der Waals surface area (Å²) in [6, 6.07) is 6.91. The van der Waals surface area contributed by atoms with Crippen molar-refractivity contribution < 1.29 is 4.42 Å². The fourth-order valence-corrected chi connectivity index (χ4v) is 3.44. The van der Waals surface area contributed by atoms with E-state index >= 15 is 0 Å². The molecule has 2 heteroatoms. The average Bonchev–Trinajstić information content (AvgIpc) is 3.01. The molecule has 0 bridgehead atoms. The van der Waals surface area contributed by atoms with Gasteiger partial charge in [-0.25, -0.2) is 0 Å². The summed E-state index contributed by atoms with van der Waals surface area (Å²) in [6.45, 7) is 2.25. The summed E-state index contributed by atoms with van der Waals surface area (Å²) >= 11 is 0. The molecule has 0 atom stereocenters. The SMILES string of the molecule is c1c(C2CCNCC2)oc2cc3c(cc12)CCC3. The average molecular weight is 241 g/mol. The zero-order valence-corrected chi connectivity index (χ0v) is 10.7. The molecular weight excluding hydrogens is 222 g/mol. The summed E-state index contributed by atoms with van der Waals surface area (Å²) in [5.74, 6) is 1.82. The molecule has 94 valence electrons. The van der Waals surface area contributed by atoms with Crippen LogP contribution in [0.1, 0.15) is 42.1 Å². The maximum absolute atomic E-state index is 6.10. The van der Waals surface area contributed by atoms with Gasteiger partial charge in [-0.1, -0.05) is 0 Å². The fourth-order valence-electron chi connectivity index (χ4n) is 3.44. The third-order valence-electron chi connectivity index (χ3n) is 4.49. The second-order valence-corrected chi connectivity index (χ2v) is 5.69. The van der Waals surface area contributed by atoms with Crippen molar-refractivity contribution in [3.63, 3.8) is 0 Å². The van der Waals surface area contributed by atoms with Gasteiger partial charge in [-0.2, -0.15) is 0 Å². The van der Waals surface area contributed by atoms with E-state index in [9.17, 15) is 0 Å². The monoisotopic (exact) mass is 241 g/mol. The van der Waals surface area contributed by atoms with Crippen LogP contribution in [0.15, 0.2) is 22.6 Å². The quantitative estimate of drug-likeness (QED) is 0.828. The number of benzene rings is 1. The summed E-state index contributed by atoms with van der Waals surface area (Å²) in [5, 5.41) is 4.72. The lowest BCUT2D eigenvalue weighted by molar-refractivity contribution is 0.397. The van der Waals surface area contributed by atoms with E-state index in [0.29, 0.717) is 5.92 Å². The maximum atomic E-state index is 6.10. The highest BCUT2D eigenvalue weighted by Crippen LogP contribution is 2.33. The Bertz CT molecular complexity index is 537. The van der Waals surface area contributed by atoms with Gasteiger partial charge in [0.05, 0.1) is 0 Å². The topological polar surface area (TPSA) is 25.2 Å². The second kappa shape index (κ2) is 4.13. The van der Waals surface area contributed by atoms with Crippen molar-refractivity contribution in [2.75, 3.05) is 13.1 Å². The summed E-state index contributed by atoms with van der Waals surface area (Å²) in [6.07, 6.45) is 6.20. The van der Waals surface area contributed by atoms with Crippen LogP contribution in [0.25, 0.3) is 11.0 Å². The molecule has 1 aromatic carbocycles. The van der Waals surface area contributed by atoms with Crippen LogP contribution in [-0.2, 0) is 12.8 Å². The van der Waals surface area contributed by atoms with E-state index in [1.54, 1.807) is 5.56 Å². The van der Waals surface area contributed by atoms with Crippen LogP contribution in [0, 0.1) is 0 Å². The van der Waals surface area contributed by atoms with Crippen LogP contribution in [0.5, 0.6) is 0 Å². The minimum Gasteiger partial charge on any atom is -0.461 e. The molecule has 1 aliphatic heterocycles. The van der Waals surface area contributed by atoms with Crippen LogP contribution >= 0.6 is 0 Å². The van der Waals surface area contributed by atoms with Crippen molar-refractivity contribution in [2.24, 2.45) is 0 Å². The van der Waals surface area contributed by atoms with E-state index in [0.717, 1.165) is 18.7 Å². The molecule has 0 saturated carbocycles. The first kappa shape index (κ1) is 10.6. The lowest BCUT2D eigenvalue weighted by Gasteiger charge is -2.20. The number of rotatable bonds is 1. The Kier molecular flexibility index (Phi) is 2.44. The van der Waals surface area contributed by atoms with Gasteiger partial charge in [0.1, 0.15) is 11.3 Å². The number of aryl methyl sites for hydroxylation is 2. The van der Waals surface area contributed by atoms with Gasteiger partial charge in [0.2, 0.25) is 0 Å². The van der Waals surface area contributed by atoms with Crippen LogP contribution in [0.4, 0.5) is 0 Å². The van der Waals surface area contributed by atoms with E-state index in [4.69, 9.17) is 4.42 Å². The molecule has 2 nitrogen and oxygen atoms in total. The smallest absolute Gasteiger partial charge is 0.134 e. The normalized spacial score (nSPS) is 20.4. The Morgan fingerprint density at radius 3 is 2.61 bits per heavy atom. The summed E-state index contributed by atoms with van der Waals surface area (Å²) in [4.78, 5) is 0. The van der Waals surface area contributed by atoms with E-state index < -0.39 is 0 Å². The molecule has 0 unspecified atom stereocenters. The van der Waals surface area contributed by atoms with E-state index in [2.05, 4.69) is 23.5 Å². The van der Waals surface area contributed by atoms with Crippen LogP contribution in [-0.4, -0.2) is 13.1 Å². The first-order chi connectivity index (χ1) is 8.90. The maximum Gasteiger partial charge on any atom is 0.134 e. The predicted octanol–water partition coefficient (Wildman–Crippen LogP) is 3.39. The molecule has 1 aliphatic carbocycles. The Morgan fingerprint density at radius 1 is 1.00 bits per heavy atom. The van der Waals surface area contributed by atoms with Crippen molar-refractivity contribution in [2.45, 2.75) is 38.0 Å². The Morgan fingerprint density at radius 2 is 1.78 bits per heavy atom. The van der Waals surface area contributed by atoms with E-state index in [1.807, 2.05) is 0 Å². The Labute approximate surface area is 107 Å². The molecule has 2 aromatic rings. The van der Waals surface area contributed by atoms with Gasteiger partial charge in [-0.3, -0.25) is 0 Å². The zero-order chi connectivity index (χ0) is 11.9. The molecule has 1 fully saturated rings. The van der Waals surface area contributed by atoms with Crippen molar-refractivity contribution in [1.82, 2.24) is 5.32 Å². The summed E-state index contributed by atoms with van der Waals surface area (Å²) in [7, 11) is 0. The Balaban J connectivity index is 1.75. The summed E-state index contributed by atoms with van der Waals surface area (Å²) in [5.41, 5.74) is 4.15.